The number of benzene rings is 3. The van der Waals surface area contributed by atoms with E-state index in [9.17, 15) is 9.59 Å². The van der Waals surface area contributed by atoms with Gasteiger partial charge in [0, 0.05) is 11.5 Å². The van der Waals surface area contributed by atoms with Crippen molar-refractivity contribution in [2.45, 2.75) is 245 Å². The van der Waals surface area contributed by atoms with Crippen molar-refractivity contribution in [3.63, 3.8) is 0 Å². The predicted molar refractivity (Wildman–Crippen MR) is 295 cm³/mol. The van der Waals surface area contributed by atoms with Gasteiger partial charge in [-0.3, -0.25) is 18.2 Å². The molecule has 0 aliphatic carbocycles. The smallest absolute Gasteiger partial charge is 0.268 e. The molecule has 0 spiro atoms. The molecular formula is C60H96N2O2S2. The summed E-state index contributed by atoms with van der Waals surface area (Å²) in [4.78, 5) is 29.0. The first kappa shape index (κ1) is 57.6. The third-order valence-electron chi connectivity index (χ3n) is 13.2. The quantitative estimate of drug-likeness (QED) is 0.0418. The zero-order valence-corrected chi connectivity index (χ0v) is 44.1. The minimum Gasteiger partial charge on any atom is -0.268 e. The van der Waals surface area contributed by atoms with Crippen LogP contribution in [0.25, 0.3) is 0 Å². The van der Waals surface area contributed by atoms with Gasteiger partial charge in [0.05, 0.1) is 22.5 Å². The molecule has 0 aliphatic heterocycles. The number of amides is 2. The van der Waals surface area contributed by atoms with E-state index in [-0.39, 0.29) is 11.8 Å². The standard InChI is InChI=1S/C60H96N2O2S2/c1-3-5-7-9-11-13-15-17-19-21-23-25-27-29-31-33-35-45-53-65-61(55-47-39-37-40-48-55)59(63)57-51-43-44-52-58(57)60(64)62(56-49-41-38-42-50-56)66-54-46-36-34-32-30-28-26-24-22-20-18-16-14-12-10-8-6-4-2/h37-44,47-52H,3-36,45-46,53-54H2,1-2H3. The molecule has 2 amide bonds. The Morgan fingerprint density at radius 2 is 0.515 bits per heavy atom. The zero-order chi connectivity index (χ0) is 46.8. The van der Waals surface area contributed by atoms with Crippen molar-refractivity contribution in [3.8, 4) is 0 Å². The van der Waals surface area contributed by atoms with Gasteiger partial charge in [0.1, 0.15) is 0 Å². The fraction of sp³-hybridized carbons (Fsp3) is 0.667. The van der Waals surface area contributed by atoms with Gasteiger partial charge >= 0.3 is 0 Å². The minimum absolute atomic E-state index is 0.140. The Balaban J connectivity index is 1.37. The molecule has 66 heavy (non-hydrogen) atoms. The first-order valence-electron chi connectivity index (χ1n) is 27.8. The lowest BCUT2D eigenvalue weighted by molar-refractivity contribution is 0.0975. The van der Waals surface area contributed by atoms with Crippen molar-refractivity contribution in [2.24, 2.45) is 0 Å². The van der Waals surface area contributed by atoms with E-state index in [0.717, 1.165) is 35.7 Å². The van der Waals surface area contributed by atoms with Crippen LogP contribution in [0.3, 0.4) is 0 Å². The number of para-hydroxylation sites is 2. The van der Waals surface area contributed by atoms with E-state index in [2.05, 4.69) is 13.8 Å². The molecule has 3 rings (SSSR count). The molecule has 0 saturated heterocycles. The number of hydrogen-bond acceptors (Lipinski definition) is 4. The van der Waals surface area contributed by atoms with Crippen LogP contribution < -0.4 is 8.61 Å². The van der Waals surface area contributed by atoms with E-state index < -0.39 is 0 Å². The summed E-state index contributed by atoms with van der Waals surface area (Å²) < 4.78 is 3.63. The third kappa shape index (κ3) is 27.3. The maximum absolute atomic E-state index is 14.5. The average molecular weight is 942 g/mol. The van der Waals surface area contributed by atoms with Crippen molar-refractivity contribution >= 4 is 47.1 Å². The van der Waals surface area contributed by atoms with E-state index in [4.69, 9.17) is 0 Å². The van der Waals surface area contributed by atoms with Gasteiger partial charge in [0.2, 0.25) is 0 Å². The molecule has 6 heteroatoms. The molecule has 0 bridgehead atoms. The highest BCUT2D eigenvalue weighted by Crippen LogP contribution is 2.31. The van der Waals surface area contributed by atoms with Gasteiger partial charge < -0.3 is 0 Å². The van der Waals surface area contributed by atoms with Crippen molar-refractivity contribution in [1.29, 1.82) is 0 Å². The Bertz CT molecular complexity index is 1450. The number of nitrogens with zero attached hydrogens (tertiary/aromatic N) is 2. The molecular weight excluding hydrogens is 845 g/mol. The van der Waals surface area contributed by atoms with Crippen LogP contribution in [-0.4, -0.2) is 23.3 Å². The molecule has 0 fully saturated rings. The number of carbonyl (C=O) groups excluding carboxylic acids is 2. The number of anilines is 2. The summed E-state index contributed by atoms with van der Waals surface area (Å²) in [7, 11) is 0. The number of unbranched alkanes of at least 4 members (excludes halogenated alkanes) is 34. The maximum Gasteiger partial charge on any atom is 0.269 e. The van der Waals surface area contributed by atoms with E-state index in [0.29, 0.717) is 11.1 Å². The summed E-state index contributed by atoms with van der Waals surface area (Å²) in [6, 6.07) is 27.3. The van der Waals surface area contributed by atoms with E-state index in [1.54, 1.807) is 23.9 Å². The summed E-state index contributed by atoms with van der Waals surface area (Å²) in [6.07, 6.45) is 48.9. The Kier molecular flexibility index (Phi) is 36.0. The minimum atomic E-state index is -0.140. The largest absolute Gasteiger partial charge is 0.269 e. The predicted octanol–water partition coefficient (Wildman–Crippen LogP) is 20.4. The van der Waals surface area contributed by atoms with Gasteiger partial charge in [-0.05, 0) is 73.1 Å². The normalized spacial score (nSPS) is 11.3. The maximum atomic E-state index is 14.5. The van der Waals surface area contributed by atoms with Crippen molar-refractivity contribution in [3.05, 3.63) is 96.1 Å². The molecule has 0 aliphatic rings. The highest BCUT2D eigenvalue weighted by Gasteiger charge is 2.27. The average Bonchev–Trinajstić information content (AvgIpc) is 3.35. The van der Waals surface area contributed by atoms with E-state index in [1.165, 1.54) is 218 Å². The molecule has 0 unspecified atom stereocenters. The first-order chi connectivity index (χ1) is 32.7. The summed E-state index contributed by atoms with van der Waals surface area (Å²) in [5.41, 5.74) is 2.60. The van der Waals surface area contributed by atoms with Gasteiger partial charge in [0.15, 0.2) is 0 Å². The second-order valence-electron chi connectivity index (χ2n) is 19.1. The van der Waals surface area contributed by atoms with Crippen LogP contribution in [0.5, 0.6) is 0 Å². The fourth-order valence-electron chi connectivity index (χ4n) is 9.02. The summed E-state index contributed by atoms with van der Waals surface area (Å²) in [5.74, 6) is 1.44. The summed E-state index contributed by atoms with van der Waals surface area (Å²) in [5, 5.41) is 0. The molecule has 3 aromatic carbocycles. The lowest BCUT2D eigenvalue weighted by atomic mass is 10.0. The molecule has 0 heterocycles. The van der Waals surface area contributed by atoms with Gasteiger partial charge in [-0.1, -0.05) is 281 Å². The second-order valence-corrected chi connectivity index (χ2v) is 21.2. The lowest BCUT2D eigenvalue weighted by Gasteiger charge is -2.25. The molecule has 3 aromatic rings. The summed E-state index contributed by atoms with van der Waals surface area (Å²) in [6.45, 7) is 4.59. The third-order valence-corrected chi connectivity index (χ3v) is 15.4. The van der Waals surface area contributed by atoms with Crippen molar-refractivity contribution in [1.82, 2.24) is 0 Å². The number of hydrogen-bond donors (Lipinski definition) is 0. The highest BCUT2D eigenvalue weighted by atomic mass is 32.2. The van der Waals surface area contributed by atoms with Crippen molar-refractivity contribution in [2.75, 3.05) is 20.1 Å². The highest BCUT2D eigenvalue weighted by molar-refractivity contribution is 8.01. The molecule has 370 valence electrons. The van der Waals surface area contributed by atoms with Gasteiger partial charge in [-0.25, -0.2) is 0 Å². The zero-order valence-electron chi connectivity index (χ0n) is 42.5. The Labute approximate surface area is 415 Å². The van der Waals surface area contributed by atoms with Crippen LogP contribution in [0, 0.1) is 0 Å². The van der Waals surface area contributed by atoms with Crippen LogP contribution in [0.2, 0.25) is 0 Å². The fourth-order valence-corrected chi connectivity index (χ4v) is 11.0. The molecule has 0 saturated carbocycles. The van der Waals surface area contributed by atoms with Gasteiger partial charge in [-0.15, -0.1) is 0 Å². The van der Waals surface area contributed by atoms with Crippen LogP contribution in [0.1, 0.15) is 266 Å². The van der Waals surface area contributed by atoms with E-state index in [1.807, 2.05) is 93.5 Å². The first-order valence-corrected chi connectivity index (χ1v) is 29.7. The topological polar surface area (TPSA) is 40.6 Å². The van der Waals surface area contributed by atoms with Crippen LogP contribution in [-0.2, 0) is 0 Å². The molecule has 0 radical (unpaired) electrons. The van der Waals surface area contributed by atoms with Crippen molar-refractivity contribution < 1.29 is 9.59 Å². The van der Waals surface area contributed by atoms with Gasteiger partial charge in [0.25, 0.3) is 11.8 Å². The van der Waals surface area contributed by atoms with E-state index >= 15 is 0 Å². The van der Waals surface area contributed by atoms with Crippen LogP contribution in [0.15, 0.2) is 84.9 Å². The van der Waals surface area contributed by atoms with Crippen LogP contribution in [0.4, 0.5) is 11.4 Å². The summed E-state index contributed by atoms with van der Waals surface area (Å²) >= 11 is 3.16. The lowest BCUT2D eigenvalue weighted by Crippen LogP contribution is -2.30. The molecule has 0 aromatic heterocycles. The molecule has 4 nitrogen and oxygen atoms in total. The molecule has 0 N–H and O–H groups in total. The monoisotopic (exact) mass is 941 g/mol. The van der Waals surface area contributed by atoms with Crippen LogP contribution >= 0.6 is 23.9 Å². The SMILES string of the molecule is CCCCCCCCCCCCCCCCCCCCSN(C(=O)c1ccccc1C(=O)N(SCCCCCCCCCCCCCCCCCCCC)c1ccccc1)c1ccccc1. The Hall–Kier alpha value is -2.70. The second kappa shape index (κ2) is 41.3. The number of rotatable bonds is 44. The Morgan fingerprint density at radius 3 is 0.758 bits per heavy atom. The number of carbonyl (C=O) groups is 2. The Morgan fingerprint density at radius 1 is 0.303 bits per heavy atom. The van der Waals surface area contributed by atoms with Gasteiger partial charge in [-0.2, -0.15) is 0 Å². The molecule has 0 atom stereocenters.